The lowest BCUT2D eigenvalue weighted by atomic mass is 10.1. The van der Waals surface area contributed by atoms with Gasteiger partial charge in [0, 0.05) is 5.69 Å². The number of nitrogens with one attached hydrogen (secondary N) is 2. The second kappa shape index (κ2) is 8.11. The average Bonchev–Trinajstić information content (AvgIpc) is 2.40. The fourth-order valence-electron chi connectivity index (χ4n) is 1.61. The van der Waals surface area contributed by atoms with Crippen LogP contribution in [0.3, 0.4) is 0 Å². The molecule has 0 heterocycles. The first-order chi connectivity index (χ1) is 9.52. The SMILES string of the molecule is NCCCC[C@H](NC(=O)Nc1ccc(F)cc1)C(=O)O. The summed E-state index contributed by atoms with van der Waals surface area (Å²) in [7, 11) is 0. The van der Waals surface area contributed by atoms with Crippen molar-refractivity contribution in [2.45, 2.75) is 25.3 Å². The monoisotopic (exact) mass is 283 g/mol. The minimum atomic E-state index is -1.10. The Kier molecular flexibility index (Phi) is 6.45. The van der Waals surface area contributed by atoms with Crippen molar-refractivity contribution in [2.24, 2.45) is 5.73 Å². The number of carbonyl (C=O) groups excluding carboxylic acids is 1. The number of benzene rings is 1. The molecule has 1 rings (SSSR count). The molecule has 2 amide bonds. The number of carboxylic acids is 1. The molecule has 0 aliphatic carbocycles. The second-order valence-corrected chi connectivity index (χ2v) is 4.28. The molecular weight excluding hydrogens is 265 g/mol. The molecule has 20 heavy (non-hydrogen) atoms. The largest absolute Gasteiger partial charge is 0.480 e. The number of halogens is 1. The van der Waals surface area contributed by atoms with E-state index >= 15 is 0 Å². The number of rotatable bonds is 7. The Morgan fingerprint density at radius 3 is 2.45 bits per heavy atom. The molecule has 110 valence electrons. The smallest absolute Gasteiger partial charge is 0.326 e. The summed E-state index contributed by atoms with van der Waals surface area (Å²) in [5.41, 5.74) is 5.71. The van der Waals surface area contributed by atoms with E-state index in [1.54, 1.807) is 0 Å². The van der Waals surface area contributed by atoms with Crippen LogP contribution in [0.15, 0.2) is 24.3 Å². The molecule has 0 aromatic heterocycles. The molecule has 7 heteroatoms. The van der Waals surface area contributed by atoms with Crippen molar-refractivity contribution in [3.8, 4) is 0 Å². The Morgan fingerprint density at radius 2 is 1.90 bits per heavy atom. The third-order valence-electron chi connectivity index (χ3n) is 2.65. The van der Waals surface area contributed by atoms with E-state index in [0.29, 0.717) is 31.5 Å². The van der Waals surface area contributed by atoms with Gasteiger partial charge < -0.3 is 21.5 Å². The van der Waals surface area contributed by atoms with E-state index in [9.17, 15) is 14.0 Å². The Balaban J connectivity index is 2.48. The maximum atomic E-state index is 12.7. The summed E-state index contributed by atoms with van der Waals surface area (Å²) in [6.07, 6.45) is 1.62. The number of hydrogen-bond acceptors (Lipinski definition) is 3. The summed E-state index contributed by atoms with van der Waals surface area (Å²) in [6.45, 7) is 0.480. The Hall–Kier alpha value is -2.15. The van der Waals surface area contributed by atoms with Gasteiger partial charge in [-0.15, -0.1) is 0 Å². The maximum Gasteiger partial charge on any atom is 0.326 e. The Labute approximate surface area is 116 Å². The van der Waals surface area contributed by atoms with Crippen LogP contribution >= 0.6 is 0 Å². The molecule has 0 saturated carbocycles. The van der Waals surface area contributed by atoms with Crippen molar-refractivity contribution in [3.63, 3.8) is 0 Å². The highest BCUT2D eigenvalue weighted by Gasteiger charge is 2.19. The number of carboxylic acid groups (broad SMARTS) is 1. The minimum Gasteiger partial charge on any atom is -0.480 e. The molecule has 0 spiro atoms. The van der Waals surface area contributed by atoms with Crippen molar-refractivity contribution < 1.29 is 19.1 Å². The molecule has 0 aliphatic heterocycles. The van der Waals surface area contributed by atoms with E-state index in [-0.39, 0.29) is 0 Å². The van der Waals surface area contributed by atoms with Crippen molar-refractivity contribution in [1.82, 2.24) is 5.32 Å². The molecule has 0 unspecified atom stereocenters. The van der Waals surface area contributed by atoms with E-state index in [0.717, 1.165) is 0 Å². The molecule has 0 radical (unpaired) electrons. The van der Waals surface area contributed by atoms with Gasteiger partial charge in [-0.25, -0.2) is 14.0 Å². The second-order valence-electron chi connectivity index (χ2n) is 4.28. The van der Waals surface area contributed by atoms with E-state index in [4.69, 9.17) is 10.8 Å². The van der Waals surface area contributed by atoms with Gasteiger partial charge in [0.05, 0.1) is 0 Å². The van der Waals surface area contributed by atoms with Gasteiger partial charge >= 0.3 is 12.0 Å². The molecular formula is C13H18FN3O3. The van der Waals surface area contributed by atoms with Gasteiger partial charge in [-0.2, -0.15) is 0 Å². The van der Waals surface area contributed by atoms with E-state index in [2.05, 4.69) is 10.6 Å². The number of urea groups is 1. The number of hydrogen-bond donors (Lipinski definition) is 4. The summed E-state index contributed by atoms with van der Waals surface area (Å²) in [6, 6.07) is 3.56. The van der Waals surface area contributed by atoms with Crippen molar-refractivity contribution >= 4 is 17.7 Å². The van der Waals surface area contributed by atoms with E-state index in [1.165, 1.54) is 24.3 Å². The van der Waals surface area contributed by atoms with Gasteiger partial charge in [-0.05, 0) is 50.1 Å². The van der Waals surface area contributed by atoms with Gasteiger partial charge in [0.2, 0.25) is 0 Å². The summed E-state index contributed by atoms with van der Waals surface area (Å²) in [4.78, 5) is 22.6. The molecule has 0 saturated heterocycles. The third kappa shape index (κ3) is 5.66. The van der Waals surface area contributed by atoms with Crippen LogP contribution in [0.25, 0.3) is 0 Å². The molecule has 0 fully saturated rings. The van der Waals surface area contributed by atoms with Crippen LogP contribution in [0.1, 0.15) is 19.3 Å². The highest BCUT2D eigenvalue weighted by molar-refractivity contribution is 5.92. The topological polar surface area (TPSA) is 104 Å². The van der Waals surface area contributed by atoms with Crippen molar-refractivity contribution in [3.05, 3.63) is 30.1 Å². The summed E-state index contributed by atoms with van der Waals surface area (Å²) in [5.74, 6) is -1.52. The maximum absolute atomic E-state index is 12.7. The van der Waals surface area contributed by atoms with Gasteiger partial charge in [0.25, 0.3) is 0 Å². The summed E-state index contributed by atoms with van der Waals surface area (Å²) < 4.78 is 12.7. The lowest BCUT2D eigenvalue weighted by molar-refractivity contribution is -0.139. The standard InChI is InChI=1S/C13H18FN3O3/c14-9-4-6-10(7-5-9)16-13(20)17-11(12(18)19)3-1-2-8-15/h4-7,11H,1-3,8,15H2,(H,18,19)(H2,16,17,20)/t11-/m0/s1. The molecule has 5 N–H and O–H groups in total. The van der Waals surface area contributed by atoms with Crippen LogP contribution in [-0.2, 0) is 4.79 Å². The fraction of sp³-hybridized carbons (Fsp3) is 0.385. The van der Waals surface area contributed by atoms with Gasteiger partial charge in [0.1, 0.15) is 11.9 Å². The van der Waals surface area contributed by atoms with Gasteiger partial charge in [-0.1, -0.05) is 0 Å². The predicted octanol–water partition coefficient (Wildman–Crippen LogP) is 1.53. The highest BCUT2D eigenvalue weighted by Crippen LogP contribution is 2.08. The molecule has 6 nitrogen and oxygen atoms in total. The minimum absolute atomic E-state index is 0.309. The number of carbonyl (C=O) groups is 2. The van der Waals surface area contributed by atoms with Gasteiger partial charge in [-0.3, -0.25) is 0 Å². The lowest BCUT2D eigenvalue weighted by Crippen LogP contribution is -2.43. The quantitative estimate of drug-likeness (QED) is 0.569. The van der Waals surface area contributed by atoms with Crippen LogP contribution in [0.2, 0.25) is 0 Å². The average molecular weight is 283 g/mol. The number of aliphatic carboxylic acids is 1. The van der Waals surface area contributed by atoms with Crippen LogP contribution in [-0.4, -0.2) is 29.7 Å². The first-order valence-electron chi connectivity index (χ1n) is 6.29. The third-order valence-corrected chi connectivity index (χ3v) is 2.65. The fourth-order valence-corrected chi connectivity index (χ4v) is 1.61. The molecule has 1 aromatic carbocycles. The lowest BCUT2D eigenvalue weighted by Gasteiger charge is -2.15. The number of unbranched alkanes of at least 4 members (excludes halogenated alkanes) is 1. The number of nitrogens with two attached hydrogens (primary N) is 1. The number of anilines is 1. The van der Waals surface area contributed by atoms with E-state index < -0.39 is 23.9 Å². The van der Waals surface area contributed by atoms with Crippen LogP contribution in [0.5, 0.6) is 0 Å². The van der Waals surface area contributed by atoms with Crippen molar-refractivity contribution in [2.75, 3.05) is 11.9 Å². The Morgan fingerprint density at radius 1 is 1.25 bits per heavy atom. The zero-order chi connectivity index (χ0) is 15.0. The summed E-state index contributed by atoms with van der Waals surface area (Å²) in [5, 5.41) is 13.8. The van der Waals surface area contributed by atoms with Crippen LogP contribution < -0.4 is 16.4 Å². The zero-order valence-corrected chi connectivity index (χ0v) is 10.9. The zero-order valence-electron chi connectivity index (χ0n) is 10.9. The first kappa shape index (κ1) is 15.9. The number of amides is 2. The molecule has 1 aromatic rings. The van der Waals surface area contributed by atoms with Gasteiger partial charge in [0.15, 0.2) is 0 Å². The first-order valence-corrected chi connectivity index (χ1v) is 6.29. The predicted molar refractivity (Wildman–Crippen MR) is 72.9 cm³/mol. The van der Waals surface area contributed by atoms with Crippen molar-refractivity contribution in [1.29, 1.82) is 0 Å². The molecule has 0 bridgehead atoms. The van der Waals surface area contributed by atoms with Crippen LogP contribution in [0, 0.1) is 5.82 Å². The van der Waals surface area contributed by atoms with Crippen LogP contribution in [0.4, 0.5) is 14.9 Å². The summed E-state index contributed by atoms with van der Waals surface area (Å²) >= 11 is 0. The Bertz CT molecular complexity index is 451. The molecule has 0 aliphatic rings. The highest BCUT2D eigenvalue weighted by atomic mass is 19.1. The normalized spacial score (nSPS) is 11.7. The molecule has 1 atom stereocenters. The van der Waals surface area contributed by atoms with E-state index in [1.807, 2.05) is 0 Å².